The van der Waals surface area contributed by atoms with Crippen LogP contribution in [0.4, 0.5) is 0 Å². The highest BCUT2D eigenvalue weighted by atomic mass is 16.5. The lowest BCUT2D eigenvalue weighted by atomic mass is 10.2. The summed E-state index contributed by atoms with van der Waals surface area (Å²) in [6.07, 6.45) is 1.57. The molecule has 2 aromatic rings. The van der Waals surface area contributed by atoms with Crippen LogP contribution in [0, 0.1) is 0 Å². The number of carbonyl (C=O) groups excluding carboxylic acids is 1. The summed E-state index contributed by atoms with van der Waals surface area (Å²) in [5.74, 6) is -0.110. The van der Waals surface area contributed by atoms with Crippen LogP contribution in [-0.2, 0) is 0 Å². The molecule has 0 saturated heterocycles. The molecular weight excluding hydrogens is 232 g/mol. The molecule has 0 bridgehead atoms. The van der Waals surface area contributed by atoms with Gasteiger partial charge >= 0.3 is 0 Å². The fourth-order valence-corrected chi connectivity index (χ4v) is 1.65. The van der Waals surface area contributed by atoms with Gasteiger partial charge in [0, 0.05) is 12.3 Å². The summed E-state index contributed by atoms with van der Waals surface area (Å²) in [6, 6.07) is 9.98. The second kappa shape index (κ2) is 4.75. The number of nitrogens with zero attached hydrogens (tertiary/aromatic N) is 1. The average molecular weight is 244 g/mol. The standard InChI is InChI=1S/C13H12N2O3/c1-18-10-5-2-4-9(8-10)15-7-3-6-11(12(14)16)13(15)17/h2-8H,1H3,(H2,14,16). The molecule has 0 aliphatic rings. The van der Waals surface area contributed by atoms with Gasteiger partial charge in [-0.15, -0.1) is 0 Å². The average Bonchev–Trinajstić information content (AvgIpc) is 2.38. The minimum absolute atomic E-state index is 0.0414. The zero-order chi connectivity index (χ0) is 13.1. The fraction of sp³-hybridized carbons (Fsp3) is 0.0769. The van der Waals surface area contributed by atoms with Gasteiger partial charge in [0.1, 0.15) is 11.3 Å². The maximum Gasteiger partial charge on any atom is 0.267 e. The molecule has 2 rings (SSSR count). The third-order valence-electron chi connectivity index (χ3n) is 2.54. The second-order valence-electron chi connectivity index (χ2n) is 3.66. The smallest absolute Gasteiger partial charge is 0.267 e. The van der Waals surface area contributed by atoms with Gasteiger partial charge in [-0.1, -0.05) is 6.07 Å². The Labute approximate surface area is 103 Å². The molecule has 1 amide bonds. The van der Waals surface area contributed by atoms with E-state index in [1.165, 1.54) is 10.6 Å². The van der Waals surface area contributed by atoms with Gasteiger partial charge < -0.3 is 10.5 Å². The minimum atomic E-state index is -0.739. The van der Waals surface area contributed by atoms with Crippen LogP contribution in [0.25, 0.3) is 5.69 Å². The first-order valence-electron chi connectivity index (χ1n) is 5.29. The topological polar surface area (TPSA) is 74.3 Å². The maximum atomic E-state index is 12.0. The number of carbonyl (C=O) groups is 1. The number of aromatic nitrogens is 1. The number of nitrogens with two attached hydrogens (primary N) is 1. The normalized spacial score (nSPS) is 10.1. The van der Waals surface area contributed by atoms with E-state index in [2.05, 4.69) is 0 Å². The molecule has 1 aromatic carbocycles. The van der Waals surface area contributed by atoms with Crippen molar-refractivity contribution in [3.8, 4) is 11.4 Å². The Morgan fingerprint density at radius 3 is 2.72 bits per heavy atom. The minimum Gasteiger partial charge on any atom is -0.497 e. The molecule has 18 heavy (non-hydrogen) atoms. The first kappa shape index (κ1) is 11.9. The van der Waals surface area contributed by atoms with Crippen LogP contribution < -0.4 is 16.0 Å². The number of rotatable bonds is 3. The van der Waals surface area contributed by atoms with Crippen LogP contribution in [-0.4, -0.2) is 17.6 Å². The predicted molar refractivity (Wildman–Crippen MR) is 67.1 cm³/mol. The molecule has 0 fully saturated rings. The molecule has 5 heteroatoms. The zero-order valence-electron chi connectivity index (χ0n) is 9.79. The van der Waals surface area contributed by atoms with E-state index >= 15 is 0 Å². The second-order valence-corrected chi connectivity index (χ2v) is 3.66. The summed E-state index contributed by atoms with van der Waals surface area (Å²) in [5, 5.41) is 0. The first-order valence-corrected chi connectivity index (χ1v) is 5.29. The van der Waals surface area contributed by atoms with E-state index in [4.69, 9.17) is 10.5 Å². The molecule has 0 radical (unpaired) electrons. The molecule has 0 spiro atoms. The van der Waals surface area contributed by atoms with Gasteiger partial charge in [-0.3, -0.25) is 14.2 Å². The monoisotopic (exact) mass is 244 g/mol. The lowest BCUT2D eigenvalue weighted by molar-refractivity contribution is 0.0998. The zero-order valence-corrected chi connectivity index (χ0v) is 9.79. The molecule has 5 nitrogen and oxygen atoms in total. The number of amides is 1. The number of hydrogen-bond acceptors (Lipinski definition) is 3. The van der Waals surface area contributed by atoms with Crippen LogP contribution in [0.3, 0.4) is 0 Å². The van der Waals surface area contributed by atoms with Crippen molar-refractivity contribution in [3.63, 3.8) is 0 Å². The summed E-state index contributed by atoms with van der Waals surface area (Å²) >= 11 is 0. The van der Waals surface area contributed by atoms with E-state index in [1.807, 2.05) is 0 Å². The Morgan fingerprint density at radius 2 is 2.06 bits per heavy atom. The van der Waals surface area contributed by atoms with Crippen LogP contribution in [0.5, 0.6) is 5.75 Å². The molecule has 0 unspecified atom stereocenters. The SMILES string of the molecule is COc1cccc(-n2cccc(C(N)=O)c2=O)c1. The lowest BCUT2D eigenvalue weighted by Gasteiger charge is -2.08. The summed E-state index contributed by atoms with van der Waals surface area (Å²) in [4.78, 5) is 23.1. The molecule has 2 N–H and O–H groups in total. The quantitative estimate of drug-likeness (QED) is 0.873. The Kier molecular flexibility index (Phi) is 3.14. The molecule has 1 aromatic heterocycles. The van der Waals surface area contributed by atoms with Crippen molar-refractivity contribution < 1.29 is 9.53 Å². The predicted octanol–water partition coefficient (Wildman–Crippen LogP) is 0.945. The third-order valence-corrected chi connectivity index (χ3v) is 2.54. The van der Waals surface area contributed by atoms with Crippen molar-refractivity contribution in [3.05, 3.63) is 58.5 Å². The summed E-state index contributed by atoms with van der Waals surface area (Å²) in [5.41, 5.74) is 5.27. The van der Waals surface area contributed by atoms with Crippen molar-refractivity contribution in [2.75, 3.05) is 7.11 Å². The third kappa shape index (κ3) is 2.10. The van der Waals surface area contributed by atoms with E-state index in [0.717, 1.165) is 0 Å². The molecule has 0 aliphatic heterocycles. The van der Waals surface area contributed by atoms with Gasteiger partial charge in [-0.05, 0) is 24.3 Å². The van der Waals surface area contributed by atoms with Gasteiger partial charge in [0.2, 0.25) is 0 Å². The van der Waals surface area contributed by atoms with Gasteiger partial charge in [-0.2, -0.15) is 0 Å². The van der Waals surface area contributed by atoms with E-state index in [-0.39, 0.29) is 5.56 Å². The van der Waals surface area contributed by atoms with E-state index in [1.54, 1.807) is 43.6 Å². The Hall–Kier alpha value is -2.56. The lowest BCUT2D eigenvalue weighted by Crippen LogP contribution is -2.28. The molecule has 0 atom stereocenters. The highest BCUT2D eigenvalue weighted by molar-refractivity contribution is 5.92. The summed E-state index contributed by atoms with van der Waals surface area (Å²) in [6.45, 7) is 0. The molecule has 0 saturated carbocycles. The molecule has 1 heterocycles. The number of primary amides is 1. The Morgan fingerprint density at radius 1 is 1.28 bits per heavy atom. The van der Waals surface area contributed by atoms with Crippen molar-refractivity contribution >= 4 is 5.91 Å². The Bertz CT molecular complexity index is 647. The largest absolute Gasteiger partial charge is 0.497 e. The number of pyridine rings is 1. The van der Waals surface area contributed by atoms with Crippen LogP contribution in [0.15, 0.2) is 47.4 Å². The fourth-order valence-electron chi connectivity index (χ4n) is 1.65. The van der Waals surface area contributed by atoms with Crippen molar-refractivity contribution in [1.82, 2.24) is 4.57 Å². The van der Waals surface area contributed by atoms with Gasteiger partial charge in [0.15, 0.2) is 0 Å². The van der Waals surface area contributed by atoms with E-state index in [0.29, 0.717) is 11.4 Å². The highest BCUT2D eigenvalue weighted by Gasteiger charge is 2.09. The van der Waals surface area contributed by atoms with Gasteiger partial charge in [0.25, 0.3) is 11.5 Å². The van der Waals surface area contributed by atoms with E-state index < -0.39 is 11.5 Å². The van der Waals surface area contributed by atoms with E-state index in [9.17, 15) is 9.59 Å². The number of methoxy groups -OCH3 is 1. The molecule has 0 aliphatic carbocycles. The molecular formula is C13H12N2O3. The number of hydrogen-bond donors (Lipinski definition) is 1. The van der Waals surface area contributed by atoms with Crippen molar-refractivity contribution in [2.24, 2.45) is 5.73 Å². The maximum absolute atomic E-state index is 12.0. The summed E-state index contributed by atoms with van der Waals surface area (Å²) < 4.78 is 6.44. The Balaban J connectivity index is 2.61. The van der Waals surface area contributed by atoms with Crippen molar-refractivity contribution in [1.29, 1.82) is 0 Å². The molecule has 92 valence electrons. The van der Waals surface area contributed by atoms with Crippen LogP contribution in [0.1, 0.15) is 10.4 Å². The van der Waals surface area contributed by atoms with Crippen LogP contribution in [0.2, 0.25) is 0 Å². The highest BCUT2D eigenvalue weighted by Crippen LogP contribution is 2.14. The summed E-state index contributed by atoms with van der Waals surface area (Å²) in [7, 11) is 1.54. The first-order chi connectivity index (χ1) is 8.63. The number of benzene rings is 1. The van der Waals surface area contributed by atoms with Crippen LogP contribution >= 0.6 is 0 Å². The van der Waals surface area contributed by atoms with Crippen molar-refractivity contribution in [2.45, 2.75) is 0 Å². The number of ether oxygens (including phenoxy) is 1. The van der Waals surface area contributed by atoms with Gasteiger partial charge in [0.05, 0.1) is 12.8 Å². The van der Waals surface area contributed by atoms with Gasteiger partial charge in [-0.25, -0.2) is 0 Å².